The summed E-state index contributed by atoms with van der Waals surface area (Å²) in [6, 6.07) is 6.97. The summed E-state index contributed by atoms with van der Waals surface area (Å²) in [5.74, 6) is -5.16. The third kappa shape index (κ3) is 12.0. The van der Waals surface area contributed by atoms with Gasteiger partial charge in [-0.3, -0.25) is 15.0 Å². The Labute approximate surface area is 350 Å². The molecule has 4 rings (SSSR count). The number of alkyl halides is 3. The molecule has 6 unspecified atom stereocenters. The van der Waals surface area contributed by atoms with E-state index in [-0.39, 0.29) is 31.7 Å². The van der Waals surface area contributed by atoms with Crippen molar-refractivity contribution in [3.63, 3.8) is 0 Å². The summed E-state index contributed by atoms with van der Waals surface area (Å²) in [6.07, 6.45) is -9.15. The molecular weight excluding hydrogens is 829 g/mol. The predicted octanol–water partition coefficient (Wildman–Crippen LogP) is 6.70. The topological polar surface area (TPSA) is 256 Å². The van der Waals surface area contributed by atoms with Crippen LogP contribution in [0, 0.1) is 35.0 Å². The second kappa shape index (κ2) is 21.1. The number of nitrogens with zero attached hydrogens (tertiary/aromatic N) is 6. The maximum absolute atomic E-state index is 14.1. The first kappa shape index (κ1) is 47.1. The Balaban J connectivity index is 1.68. The number of nitrogens with one attached hydrogen (secondary N) is 1. The molecule has 0 spiro atoms. The highest BCUT2D eigenvalue weighted by Gasteiger charge is 2.54. The van der Waals surface area contributed by atoms with E-state index in [4.69, 9.17) is 82.8 Å². The van der Waals surface area contributed by atoms with E-state index in [1.54, 1.807) is 38.1 Å². The van der Waals surface area contributed by atoms with Gasteiger partial charge >= 0.3 is 17.9 Å². The number of carbonyl (C=O) groups excluding carboxylic acids is 3. The van der Waals surface area contributed by atoms with Crippen LogP contribution in [0.1, 0.15) is 54.0 Å². The maximum atomic E-state index is 14.1. The third-order valence-corrected chi connectivity index (χ3v) is 11.2. The average Bonchev–Trinajstić information content (AvgIpc) is 3.17. The van der Waals surface area contributed by atoms with Crippen molar-refractivity contribution in [1.29, 1.82) is 5.41 Å². The van der Waals surface area contributed by atoms with Gasteiger partial charge in [-0.15, -0.1) is 0 Å². The van der Waals surface area contributed by atoms with E-state index < -0.39 is 107 Å². The maximum Gasteiger partial charge on any atom is 0.338 e. The van der Waals surface area contributed by atoms with Crippen LogP contribution in [-0.2, 0) is 63.6 Å². The molecule has 0 saturated carbocycles. The first-order chi connectivity index (χ1) is 27.4. The minimum absolute atomic E-state index is 0.0835. The summed E-state index contributed by atoms with van der Waals surface area (Å²) in [5, 5.41) is 15.9. The third-order valence-electron chi connectivity index (χ3n) is 10.7. The molecule has 3 heterocycles. The molecule has 1 N–H and O–H groups in total. The monoisotopic (exact) mass is 875 g/mol. The summed E-state index contributed by atoms with van der Waals surface area (Å²) in [4.78, 5) is 43.7. The van der Waals surface area contributed by atoms with Crippen molar-refractivity contribution in [1.82, 2.24) is 0 Å². The molecule has 22 heteroatoms. The number of azide groups is 2. The molecule has 58 heavy (non-hydrogen) atoms. The molecule has 1 aromatic rings. The summed E-state index contributed by atoms with van der Waals surface area (Å²) in [7, 11) is 0. The van der Waals surface area contributed by atoms with Gasteiger partial charge in [-0.2, -0.15) is 0 Å². The molecule has 3 aliphatic heterocycles. The minimum Gasteiger partial charge on any atom is -0.463 e. The Kier molecular flexibility index (Phi) is 17.1. The van der Waals surface area contributed by atoms with E-state index >= 15 is 0 Å². The van der Waals surface area contributed by atoms with Crippen molar-refractivity contribution >= 4 is 58.6 Å². The minimum atomic E-state index is -2.28. The highest BCUT2D eigenvalue weighted by molar-refractivity contribution is 6.76. The smallest absolute Gasteiger partial charge is 0.338 e. The van der Waals surface area contributed by atoms with Gasteiger partial charge in [0, 0.05) is 29.6 Å². The van der Waals surface area contributed by atoms with Gasteiger partial charge in [0.2, 0.25) is 12.2 Å². The van der Waals surface area contributed by atoms with Gasteiger partial charge in [0.15, 0.2) is 18.7 Å². The Bertz CT molecular complexity index is 1700. The van der Waals surface area contributed by atoms with Crippen LogP contribution >= 0.6 is 34.8 Å². The lowest BCUT2D eigenvalue weighted by Gasteiger charge is -2.50. The molecular formula is C36H48Cl3N7O12. The number of ether oxygens (including phenoxy) is 9. The standard InChI is InChI=1S/C36H48Cl3N7O12/c1-16-17(2)26(43-45-41)33(53-24(16)14-50-21(6)47)56-29-18(3)19(4)32(57-30(29)31(49)52-13-23-11-9-8-10-12-23)55-28-20(5)27(44-46-42)34(58-35(40)36(37,38)39)54-25(28)15-51-22(7)48/h8-12,16-20,24-30,32-34,40H,13-15H2,1-7H3/t16-,17-,18+,19-,20+,24?,25?,26-,27-,28-,29-,30?,32?,33?,34?/m0/s1. The van der Waals surface area contributed by atoms with Crippen LogP contribution in [0.5, 0.6) is 0 Å². The van der Waals surface area contributed by atoms with Gasteiger partial charge in [0.25, 0.3) is 3.79 Å². The summed E-state index contributed by atoms with van der Waals surface area (Å²) in [5.41, 5.74) is 19.7. The lowest BCUT2D eigenvalue weighted by molar-refractivity contribution is -0.337. The second-order valence-electron chi connectivity index (χ2n) is 14.5. The van der Waals surface area contributed by atoms with Crippen molar-refractivity contribution in [2.75, 3.05) is 13.2 Å². The van der Waals surface area contributed by atoms with Crippen molar-refractivity contribution in [2.45, 2.75) is 120 Å². The van der Waals surface area contributed by atoms with Crippen molar-refractivity contribution in [3.05, 3.63) is 56.8 Å². The van der Waals surface area contributed by atoms with Gasteiger partial charge in [-0.1, -0.05) is 110 Å². The zero-order valence-electron chi connectivity index (χ0n) is 32.9. The van der Waals surface area contributed by atoms with E-state index in [1.165, 1.54) is 13.8 Å². The molecule has 19 nitrogen and oxygen atoms in total. The number of hydrogen-bond donors (Lipinski definition) is 1. The van der Waals surface area contributed by atoms with Crippen molar-refractivity contribution in [3.8, 4) is 0 Å². The predicted molar refractivity (Wildman–Crippen MR) is 206 cm³/mol. The number of carbonyl (C=O) groups is 3. The van der Waals surface area contributed by atoms with Crippen LogP contribution in [0.4, 0.5) is 0 Å². The molecule has 3 fully saturated rings. The Hall–Kier alpha value is -3.61. The largest absolute Gasteiger partial charge is 0.463 e. The molecule has 0 bridgehead atoms. The van der Waals surface area contributed by atoms with Gasteiger partial charge < -0.3 is 42.6 Å². The number of rotatable bonds is 14. The highest BCUT2D eigenvalue weighted by atomic mass is 35.6. The van der Waals surface area contributed by atoms with Crippen LogP contribution in [-0.4, -0.2) is 102 Å². The fraction of sp³-hybridized carbons (Fsp3) is 0.722. The van der Waals surface area contributed by atoms with E-state index in [0.29, 0.717) is 5.56 Å². The number of hydrogen-bond acceptors (Lipinski definition) is 15. The highest BCUT2D eigenvalue weighted by Crippen LogP contribution is 2.42. The van der Waals surface area contributed by atoms with Crippen LogP contribution in [0.3, 0.4) is 0 Å². The zero-order chi connectivity index (χ0) is 42.9. The van der Waals surface area contributed by atoms with Gasteiger partial charge in [0.1, 0.15) is 38.1 Å². The second-order valence-corrected chi connectivity index (χ2v) is 16.8. The van der Waals surface area contributed by atoms with E-state index in [9.17, 15) is 25.4 Å². The molecule has 0 aromatic heterocycles. The van der Waals surface area contributed by atoms with Crippen molar-refractivity contribution < 1.29 is 57.0 Å². The molecule has 0 radical (unpaired) electrons. The lowest BCUT2D eigenvalue weighted by atomic mass is 9.81. The number of halogens is 3. The van der Waals surface area contributed by atoms with Crippen LogP contribution in [0.15, 0.2) is 40.6 Å². The van der Waals surface area contributed by atoms with E-state index in [1.807, 2.05) is 26.8 Å². The first-order valence-electron chi connectivity index (χ1n) is 18.5. The first-order valence-corrected chi connectivity index (χ1v) is 19.7. The molecule has 320 valence electrons. The lowest BCUT2D eigenvalue weighted by Crippen LogP contribution is -2.61. The Morgan fingerprint density at radius 3 is 1.84 bits per heavy atom. The van der Waals surface area contributed by atoms with Crippen LogP contribution in [0.2, 0.25) is 0 Å². The summed E-state index contributed by atoms with van der Waals surface area (Å²) < 4.78 is 51.5. The zero-order valence-corrected chi connectivity index (χ0v) is 35.2. The number of benzene rings is 1. The molecule has 3 aliphatic rings. The molecule has 0 amide bonds. The Morgan fingerprint density at radius 1 is 0.724 bits per heavy atom. The van der Waals surface area contributed by atoms with Gasteiger partial charge in [0.05, 0.1) is 18.2 Å². The quantitative estimate of drug-likeness (QED) is 0.0299. The van der Waals surface area contributed by atoms with Crippen molar-refractivity contribution in [2.24, 2.45) is 39.8 Å². The Morgan fingerprint density at radius 2 is 1.28 bits per heavy atom. The molecule has 1 aromatic carbocycles. The number of esters is 3. The fourth-order valence-electron chi connectivity index (χ4n) is 6.98. The van der Waals surface area contributed by atoms with Crippen LogP contribution in [0.25, 0.3) is 20.9 Å². The molecule has 0 aliphatic carbocycles. The molecule has 15 atom stereocenters. The summed E-state index contributed by atoms with van der Waals surface area (Å²) >= 11 is 17.5. The molecule has 3 saturated heterocycles. The van der Waals surface area contributed by atoms with Crippen LogP contribution < -0.4 is 0 Å². The normalized spacial score (nSPS) is 35.0. The fourth-order valence-corrected chi connectivity index (χ4v) is 7.12. The summed E-state index contributed by atoms with van der Waals surface area (Å²) in [6.45, 7) is 10.9. The van der Waals surface area contributed by atoms with E-state index in [0.717, 1.165) is 0 Å². The van der Waals surface area contributed by atoms with Gasteiger partial charge in [-0.05, 0) is 40.3 Å². The van der Waals surface area contributed by atoms with Gasteiger partial charge in [-0.25, -0.2) is 4.79 Å². The van der Waals surface area contributed by atoms with E-state index in [2.05, 4.69) is 20.1 Å². The average molecular weight is 877 g/mol. The SMILES string of the molecule is CC(=O)OCC1OC(O[C@@H]2C(C(=O)OCc3ccccc3)OC(O[C@@H]3C(COC(C)=O)OC(OC(=N)C(Cl)(Cl)Cl)[C@@H](N=[N+]=[N-])[C@H]3C)[C@@H](C)[C@H]2C)[C@@H](N=[N+]=[N-])[C@@H](C)[C@@H]1C.